The lowest BCUT2D eigenvalue weighted by atomic mass is 10.0. The zero-order valence-corrected chi connectivity index (χ0v) is 14.7. The highest BCUT2D eigenvalue weighted by Crippen LogP contribution is 2.33. The minimum Gasteiger partial charge on any atom is -0.462 e. The second-order valence-corrected chi connectivity index (χ2v) is 6.63. The standard InChI is InChI=1S/C18H19F2NO3S/c1-3-24-17(22)18(19,20)16(14-7-5-4-6-8-14)21-25(23)15-11-9-13(2)10-12-15/h4-12,16,21H,3H2,1-2H3/t16-,25?/m1/s1. The van der Waals surface area contributed by atoms with Gasteiger partial charge >= 0.3 is 11.9 Å². The molecule has 0 amide bonds. The Balaban J connectivity index is 2.33. The molecule has 2 rings (SSSR count). The fraction of sp³-hybridized carbons (Fsp3) is 0.278. The smallest absolute Gasteiger partial charge is 0.379 e. The van der Waals surface area contributed by atoms with Gasteiger partial charge in [-0.1, -0.05) is 48.0 Å². The van der Waals surface area contributed by atoms with Gasteiger partial charge in [-0.3, -0.25) is 0 Å². The normalized spacial score (nSPS) is 13.9. The molecule has 0 aliphatic rings. The molecule has 2 aromatic carbocycles. The van der Waals surface area contributed by atoms with Crippen LogP contribution >= 0.6 is 0 Å². The van der Waals surface area contributed by atoms with Gasteiger partial charge in [-0.05, 0) is 31.5 Å². The molecule has 1 N–H and O–H groups in total. The number of carbonyl (C=O) groups excluding carboxylic acids is 1. The average Bonchev–Trinajstić information content (AvgIpc) is 2.60. The second-order valence-electron chi connectivity index (χ2n) is 5.39. The van der Waals surface area contributed by atoms with Gasteiger partial charge in [-0.25, -0.2) is 13.7 Å². The Morgan fingerprint density at radius 3 is 2.32 bits per heavy atom. The minimum atomic E-state index is -3.88. The van der Waals surface area contributed by atoms with Crippen LogP contribution in [0.4, 0.5) is 8.78 Å². The molecule has 0 heterocycles. The first-order chi connectivity index (χ1) is 11.9. The molecule has 7 heteroatoms. The molecule has 0 saturated heterocycles. The van der Waals surface area contributed by atoms with E-state index in [0.29, 0.717) is 4.90 Å². The quantitative estimate of drug-likeness (QED) is 0.762. The van der Waals surface area contributed by atoms with Gasteiger partial charge in [0.1, 0.15) is 17.0 Å². The number of halogens is 2. The van der Waals surface area contributed by atoms with Crippen molar-refractivity contribution in [1.82, 2.24) is 4.72 Å². The van der Waals surface area contributed by atoms with E-state index in [2.05, 4.69) is 9.46 Å². The topological polar surface area (TPSA) is 55.4 Å². The van der Waals surface area contributed by atoms with Crippen molar-refractivity contribution in [1.29, 1.82) is 0 Å². The van der Waals surface area contributed by atoms with Gasteiger partial charge in [0, 0.05) is 0 Å². The van der Waals surface area contributed by atoms with Crippen LogP contribution in [0.1, 0.15) is 24.1 Å². The number of nitrogens with one attached hydrogen (secondary N) is 1. The molecule has 0 fully saturated rings. The minimum absolute atomic E-state index is 0.140. The predicted octanol–water partition coefficient (Wildman–Crippen LogP) is 3.55. The number of ether oxygens (including phenoxy) is 1. The largest absolute Gasteiger partial charge is 0.462 e. The van der Waals surface area contributed by atoms with Crippen molar-refractivity contribution < 1.29 is 22.5 Å². The first-order valence-corrected chi connectivity index (χ1v) is 8.85. The summed E-state index contributed by atoms with van der Waals surface area (Å²) >= 11 is 0. The molecule has 0 spiro atoms. The summed E-state index contributed by atoms with van der Waals surface area (Å²) in [6, 6.07) is 12.5. The molecular formula is C18H19F2NO3S. The molecule has 0 aromatic heterocycles. The van der Waals surface area contributed by atoms with E-state index in [1.807, 2.05) is 6.92 Å². The Bertz CT molecular complexity index is 736. The van der Waals surface area contributed by atoms with Gasteiger partial charge in [-0.2, -0.15) is 8.78 Å². The zero-order valence-electron chi connectivity index (χ0n) is 13.9. The fourth-order valence-corrected chi connectivity index (χ4v) is 3.20. The third kappa shape index (κ3) is 4.70. The van der Waals surface area contributed by atoms with Gasteiger partial charge in [0.15, 0.2) is 0 Å². The zero-order chi connectivity index (χ0) is 18.4. The first-order valence-electron chi connectivity index (χ1n) is 7.70. The Hall–Kier alpha value is -2.12. The predicted molar refractivity (Wildman–Crippen MR) is 91.5 cm³/mol. The number of hydrogen-bond acceptors (Lipinski definition) is 3. The third-order valence-electron chi connectivity index (χ3n) is 3.50. The van der Waals surface area contributed by atoms with Crippen LogP contribution in [0.25, 0.3) is 0 Å². The van der Waals surface area contributed by atoms with E-state index < -0.39 is 28.9 Å². The van der Waals surface area contributed by atoms with E-state index in [1.54, 1.807) is 42.5 Å². The molecular weight excluding hydrogens is 348 g/mol. The lowest BCUT2D eigenvalue weighted by molar-refractivity contribution is -0.175. The van der Waals surface area contributed by atoms with Crippen molar-refractivity contribution in [2.45, 2.75) is 30.7 Å². The summed E-state index contributed by atoms with van der Waals surface area (Å²) in [4.78, 5) is 12.1. The van der Waals surface area contributed by atoms with Gasteiger partial charge in [0.05, 0.1) is 11.5 Å². The van der Waals surface area contributed by atoms with Crippen molar-refractivity contribution in [2.75, 3.05) is 6.61 Å². The van der Waals surface area contributed by atoms with Crippen LogP contribution in [0.15, 0.2) is 59.5 Å². The van der Waals surface area contributed by atoms with Crippen LogP contribution in [-0.2, 0) is 20.5 Å². The Morgan fingerprint density at radius 1 is 1.16 bits per heavy atom. The number of benzene rings is 2. The molecule has 134 valence electrons. The molecule has 0 aliphatic heterocycles. The van der Waals surface area contributed by atoms with Gasteiger partial charge in [0.25, 0.3) is 0 Å². The fourth-order valence-electron chi connectivity index (χ4n) is 2.18. The molecule has 4 nitrogen and oxygen atoms in total. The SMILES string of the molecule is CCOC(=O)C(F)(F)[C@H](NS(=O)c1ccc(C)cc1)c1ccccc1. The lowest BCUT2D eigenvalue weighted by Crippen LogP contribution is -2.45. The molecule has 1 unspecified atom stereocenters. The summed E-state index contributed by atoms with van der Waals surface area (Å²) < 4.78 is 48.6. The maximum atomic E-state index is 14.6. The van der Waals surface area contributed by atoms with Gasteiger partial charge in [0.2, 0.25) is 0 Å². The Morgan fingerprint density at radius 2 is 1.76 bits per heavy atom. The number of alkyl halides is 2. The molecule has 2 atom stereocenters. The summed E-state index contributed by atoms with van der Waals surface area (Å²) in [5, 5.41) is 0. The highest BCUT2D eigenvalue weighted by Gasteiger charge is 2.50. The summed E-state index contributed by atoms with van der Waals surface area (Å²) in [6.45, 7) is 3.14. The van der Waals surface area contributed by atoms with Crippen LogP contribution in [-0.4, -0.2) is 22.7 Å². The van der Waals surface area contributed by atoms with E-state index in [9.17, 15) is 17.8 Å². The van der Waals surface area contributed by atoms with E-state index in [4.69, 9.17) is 0 Å². The van der Waals surface area contributed by atoms with Gasteiger partial charge in [-0.15, -0.1) is 0 Å². The van der Waals surface area contributed by atoms with E-state index >= 15 is 0 Å². The highest BCUT2D eigenvalue weighted by atomic mass is 32.2. The van der Waals surface area contributed by atoms with Crippen molar-refractivity contribution in [2.24, 2.45) is 0 Å². The van der Waals surface area contributed by atoms with E-state index in [1.165, 1.54) is 19.1 Å². The second kappa shape index (κ2) is 8.31. The van der Waals surface area contributed by atoms with Crippen LogP contribution in [0, 0.1) is 6.92 Å². The number of hydrogen-bond donors (Lipinski definition) is 1. The highest BCUT2D eigenvalue weighted by molar-refractivity contribution is 7.83. The lowest BCUT2D eigenvalue weighted by Gasteiger charge is -2.26. The monoisotopic (exact) mass is 367 g/mol. The number of carbonyl (C=O) groups is 1. The number of esters is 1. The van der Waals surface area contributed by atoms with Gasteiger partial charge < -0.3 is 4.74 Å². The summed E-state index contributed by atoms with van der Waals surface area (Å²) in [6.07, 6.45) is 0. The third-order valence-corrected chi connectivity index (χ3v) is 4.65. The molecule has 0 saturated carbocycles. The molecule has 2 aromatic rings. The van der Waals surface area contributed by atoms with Crippen LogP contribution in [0.2, 0.25) is 0 Å². The van der Waals surface area contributed by atoms with Crippen molar-refractivity contribution in [3.63, 3.8) is 0 Å². The summed E-state index contributed by atoms with van der Waals surface area (Å²) in [5.41, 5.74) is 1.10. The molecule has 0 radical (unpaired) electrons. The maximum absolute atomic E-state index is 14.6. The summed E-state index contributed by atoms with van der Waals surface area (Å²) in [7, 11) is -1.93. The molecule has 0 bridgehead atoms. The van der Waals surface area contributed by atoms with Crippen molar-refractivity contribution >= 4 is 17.0 Å². The van der Waals surface area contributed by atoms with E-state index in [-0.39, 0.29) is 12.2 Å². The van der Waals surface area contributed by atoms with E-state index in [0.717, 1.165) is 5.56 Å². The van der Waals surface area contributed by atoms with Crippen molar-refractivity contribution in [3.05, 3.63) is 65.7 Å². The van der Waals surface area contributed by atoms with Crippen LogP contribution < -0.4 is 4.72 Å². The number of aryl methyl sites for hydroxylation is 1. The maximum Gasteiger partial charge on any atom is 0.379 e. The average molecular weight is 367 g/mol. The first kappa shape index (κ1) is 19.2. The molecule has 25 heavy (non-hydrogen) atoms. The van der Waals surface area contributed by atoms with Crippen LogP contribution in [0.5, 0.6) is 0 Å². The Kier molecular flexibility index (Phi) is 6.39. The van der Waals surface area contributed by atoms with Crippen molar-refractivity contribution in [3.8, 4) is 0 Å². The number of rotatable bonds is 7. The molecule has 0 aliphatic carbocycles. The summed E-state index contributed by atoms with van der Waals surface area (Å²) in [5.74, 6) is -5.53. The Labute approximate surface area is 147 Å². The van der Waals surface area contributed by atoms with Crippen LogP contribution in [0.3, 0.4) is 0 Å².